The lowest BCUT2D eigenvalue weighted by Crippen LogP contribution is -2.68. The van der Waals surface area contributed by atoms with Crippen LogP contribution in [0.25, 0.3) is 0 Å². The number of fused-ring (bicyclic) bond motifs is 3. The Hall–Kier alpha value is -3.41. The summed E-state index contributed by atoms with van der Waals surface area (Å²) in [6.45, 7) is 1.82. The Balaban J connectivity index is 2.05. The molecule has 11 heteroatoms. The number of nitrogens with zero attached hydrogens (tertiary/aromatic N) is 1. The molecule has 0 spiro atoms. The first-order valence-corrected chi connectivity index (χ1v) is 11.2. The first-order valence-electron chi connectivity index (χ1n) is 11.2. The summed E-state index contributed by atoms with van der Waals surface area (Å²) in [5, 5.41) is 47.2. The van der Waals surface area contributed by atoms with Crippen LogP contribution in [0.4, 0.5) is 5.69 Å². The molecule has 0 saturated carbocycles. The number of hydrogen-bond acceptors (Lipinski definition) is 10. The number of phenolic OH excluding ortho intramolecular Hbond substituents is 1. The molecule has 7 N–H and O–H groups in total. The second kappa shape index (κ2) is 8.36. The molecule has 1 amide bonds. The number of aliphatic hydroxyl groups excluding tert-OH is 2. The monoisotopic (exact) mass is 487 g/mol. The van der Waals surface area contributed by atoms with Gasteiger partial charge in [0, 0.05) is 37.9 Å². The van der Waals surface area contributed by atoms with Crippen LogP contribution in [-0.4, -0.2) is 83.4 Å². The molecule has 3 aliphatic rings. The quantitative estimate of drug-likeness (QED) is 0.306. The number of hydrogen-bond donors (Lipinski definition) is 6. The van der Waals surface area contributed by atoms with Crippen molar-refractivity contribution in [1.82, 2.24) is 5.32 Å². The van der Waals surface area contributed by atoms with E-state index in [0.29, 0.717) is 11.3 Å². The predicted octanol–water partition coefficient (Wildman–Crippen LogP) is -0.141. The highest BCUT2D eigenvalue weighted by Gasteiger charge is 2.66. The summed E-state index contributed by atoms with van der Waals surface area (Å²) in [5.41, 5.74) is 2.54. The second-order valence-electron chi connectivity index (χ2n) is 9.19. The van der Waals surface area contributed by atoms with Crippen LogP contribution in [0.2, 0.25) is 0 Å². The average molecular weight is 488 g/mol. The molecule has 0 fully saturated rings. The number of benzene rings is 1. The number of ether oxygens (including phenoxy) is 1. The molecule has 0 aromatic heterocycles. The maximum atomic E-state index is 13.7. The van der Waals surface area contributed by atoms with E-state index in [1.165, 1.54) is 13.1 Å². The van der Waals surface area contributed by atoms with E-state index in [0.717, 1.165) is 0 Å². The van der Waals surface area contributed by atoms with Crippen LogP contribution in [0.5, 0.6) is 5.75 Å². The number of aliphatic hydroxyl groups is 3. The van der Waals surface area contributed by atoms with Crippen LogP contribution in [0.15, 0.2) is 34.8 Å². The highest BCUT2D eigenvalue weighted by Crippen LogP contribution is 2.53. The van der Waals surface area contributed by atoms with Gasteiger partial charge in [0.25, 0.3) is 5.91 Å². The molecular formula is C24H29N3O8. The Morgan fingerprint density at radius 3 is 2.46 bits per heavy atom. The number of aromatic hydroxyl groups is 1. The number of primary amides is 1. The molecule has 0 heterocycles. The molecule has 0 aliphatic heterocycles. The third kappa shape index (κ3) is 3.19. The normalized spacial score (nSPS) is 30.1. The van der Waals surface area contributed by atoms with Gasteiger partial charge in [0.2, 0.25) is 5.78 Å². The third-order valence-electron chi connectivity index (χ3n) is 7.26. The molecule has 0 saturated heterocycles. The second-order valence-corrected chi connectivity index (χ2v) is 9.19. The maximum Gasteiger partial charge on any atom is 0.255 e. The molecule has 0 bridgehead atoms. The molecule has 0 radical (unpaired) electrons. The van der Waals surface area contributed by atoms with Gasteiger partial charge in [-0.05, 0) is 38.1 Å². The van der Waals surface area contributed by atoms with Crippen molar-refractivity contribution in [2.45, 2.75) is 31.1 Å². The minimum Gasteiger partial charge on any atom is -0.510 e. The van der Waals surface area contributed by atoms with Gasteiger partial charge in [-0.25, -0.2) is 0 Å². The first-order chi connectivity index (χ1) is 16.4. The molecule has 1 aromatic carbocycles. The minimum atomic E-state index is -2.78. The Labute approximate surface area is 201 Å². The van der Waals surface area contributed by atoms with Crippen molar-refractivity contribution >= 4 is 23.2 Å². The van der Waals surface area contributed by atoms with E-state index in [1.54, 1.807) is 32.0 Å². The fraction of sp³-hybridized carbons (Fsp3) is 0.458. The summed E-state index contributed by atoms with van der Waals surface area (Å²) in [4.78, 5) is 40.9. The Morgan fingerprint density at radius 1 is 1.26 bits per heavy atom. The summed E-state index contributed by atoms with van der Waals surface area (Å²) in [6, 6.07) is 1.83. The van der Waals surface area contributed by atoms with Crippen LogP contribution in [0.1, 0.15) is 22.8 Å². The van der Waals surface area contributed by atoms with Crippen molar-refractivity contribution in [3.8, 4) is 5.75 Å². The molecule has 5 atom stereocenters. The van der Waals surface area contributed by atoms with Crippen LogP contribution < -0.4 is 16.0 Å². The van der Waals surface area contributed by atoms with Crippen molar-refractivity contribution in [2.24, 2.45) is 17.6 Å². The molecular weight excluding hydrogens is 458 g/mol. The third-order valence-corrected chi connectivity index (χ3v) is 7.26. The van der Waals surface area contributed by atoms with Crippen molar-refractivity contribution in [2.75, 3.05) is 32.6 Å². The van der Waals surface area contributed by atoms with Gasteiger partial charge in [0.15, 0.2) is 11.4 Å². The van der Waals surface area contributed by atoms with Gasteiger partial charge in [-0.2, -0.15) is 0 Å². The van der Waals surface area contributed by atoms with Gasteiger partial charge in [-0.3, -0.25) is 14.4 Å². The molecule has 3 aliphatic carbocycles. The SMILES string of the molecule is CCO[C@@H]1[C@H]2[C@H](NC)C(O)=C(C(N)=O)C(=O)[C@@]2(O)C(O)=C2C(=O)c3c(O)ccc(N(C)C)c3C[C@H]21. The van der Waals surface area contributed by atoms with E-state index in [-0.39, 0.29) is 29.9 Å². The van der Waals surface area contributed by atoms with Gasteiger partial charge >= 0.3 is 0 Å². The van der Waals surface area contributed by atoms with Crippen LogP contribution >= 0.6 is 0 Å². The number of carbonyl (C=O) groups is 3. The Bertz CT molecular complexity index is 1200. The highest BCUT2D eigenvalue weighted by molar-refractivity contribution is 6.25. The molecule has 188 valence electrons. The lowest BCUT2D eigenvalue weighted by atomic mass is 9.57. The molecule has 11 nitrogen and oxygen atoms in total. The summed E-state index contributed by atoms with van der Waals surface area (Å²) >= 11 is 0. The number of nitrogens with two attached hydrogens (primary N) is 1. The zero-order chi connectivity index (χ0) is 26.0. The Kier molecular flexibility index (Phi) is 5.90. The fourth-order valence-electron chi connectivity index (χ4n) is 5.83. The summed E-state index contributed by atoms with van der Waals surface area (Å²) in [7, 11) is 5.01. The van der Waals surface area contributed by atoms with Crippen molar-refractivity contribution in [1.29, 1.82) is 0 Å². The van der Waals surface area contributed by atoms with Gasteiger partial charge in [0.05, 0.1) is 23.6 Å². The van der Waals surface area contributed by atoms with E-state index in [9.17, 15) is 34.8 Å². The largest absolute Gasteiger partial charge is 0.510 e. The standard InChI is InChI=1S/C24H29N3O8/c1-5-35-20-10-8-9-11(27(3)4)6-7-12(28)13(9)18(29)14(10)21(31)24(34)16(20)17(26-2)19(30)15(22(24)32)23(25)33/h6-7,10,16-17,20,26,28,30-31,34H,5,8H2,1-4H3,(H2,25,33)/t10-,16-,17+,20+,24+/m1/s1. The number of anilines is 1. The number of Topliss-reactive ketones (excluding diaryl/α,β-unsaturated/α-hetero) is 2. The number of rotatable bonds is 5. The molecule has 35 heavy (non-hydrogen) atoms. The number of ketones is 2. The number of carbonyl (C=O) groups excluding carboxylic acids is 3. The first kappa shape index (κ1) is 24.7. The summed E-state index contributed by atoms with van der Waals surface area (Å²) in [6.07, 6.45) is -0.902. The van der Waals surface area contributed by atoms with Crippen LogP contribution in [0.3, 0.4) is 0 Å². The maximum absolute atomic E-state index is 13.7. The zero-order valence-electron chi connectivity index (χ0n) is 19.8. The van der Waals surface area contributed by atoms with E-state index in [1.807, 2.05) is 0 Å². The van der Waals surface area contributed by atoms with Gasteiger partial charge < -0.3 is 41.1 Å². The molecule has 1 aromatic rings. The summed E-state index contributed by atoms with van der Waals surface area (Å²) in [5.74, 6) is -7.42. The number of amides is 1. The topological polar surface area (TPSA) is 183 Å². The average Bonchev–Trinajstić information content (AvgIpc) is 2.78. The van der Waals surface area contributed by atoms with Crippen LogP contribution in [0, 0.1) is 11.8 Å². The van der Waals surface area contributed by atoms with E-state index >= 15 is 0 Å². The van der Waals surface area contributed by atoms with Crippen molar-refractivity contribution in [3.05, 3.63) is 45.9 Å². The van der Waals surface area contributed by atoms with Gasteiger partial charge in [-0.15, -0.1) is 0 Å². The lowest BCUT2D eigenvalue weighted by molar-refractivity contribution is -0.162. The number of nitrogens with one attached hydrogen (secondary N) is 1. The van der Waals surface area contributed by atoms with E-state index in [2.05, 4.69) is 5.32 Å². The highest BCUT2D eigenvalue weighted by atomic mass is 16.5. The van der Waals surface area contributed by atoms with Crippen molar-refractivity contribution in [3.63, 3.8) is 0 Å². The molecule has 0 unspecified atom stereocenters. The number of phenols is 1. The smallest absolute Gasteiger partial charge is 0.255 e. The minimum absolute atomic E-state index is 0.0479. The van der Waals surface area contributed by atoms with Crippen LogP contribution in [-0.2, 0) is 20.7 Å². The molecule has 4 rings (SSSR count). The summed E-state index contributed by atoms with van der Waals surface area (Å²) < 4.78 is 5.98. The zero-order valence-corrected chi connectivity index (χ0v) is 19.8. The fourth-order valence-corrected chi connectivity index (χ4v) is 5.83. The predicted molar refractivity (Wildman–Crippen MR) is 124 cm³/mol. The Morgan fingerprint density at radius 2 is 1.91 bits per heavy atom. The van der Waals surface area contributed by atoms with Gasteiger partial charge in [-0.1, -0.05) is 0 Å². The van der Waals surface area contributed by atoms with Gasteiger partial charge in [0.1, 0.15) is 22.8 Å². The lowest BCUT2D eigenvalue weighted by Gasteiger charge is -2.52. The number of likely N-dealkylation sites (N-methyl/N-ethyl adjacent to an activating group) is 1. The van der Waals surface area contributed by atoms with Crippen molar-refractivity contribution < 1.29 is 39.5 Å². The van der Waals surface area contributed by atoms with E-state index < -0.39 is 64.1 Å². The van der Waals surface area contributed by atoms with E-state index in [4.69, 9.17) is 10.5 Å².